The third-order valence-electron chi connectivity index (χ3n) is 11.0. The van der Waals surface area contributed by atoms with E-state index in [-0.39, 0.29) is 12.5 Å². The highest BCUT2D eigenvalue weighted by molar-refractivity contribution is 5.76. The fourth-order valence-electron chi connectivity index (χ4n) is 7.06. The number of hydrogen-bond acceptors (Lipinski definition) is 8. The van der Waals surface area contributed by atoms with Crippen LogP contribution >= 0.6 is 0 Å². The maximum Gasteiger partial charge on any atom is 0.220 e. The first-order valence-corrected chi connectivity index (χ1v) is 24.4. The van der Waals surface area contributed by atoms with E-state index in [9.17, 15) is 30.3 Å². The van der Waals surface area contributed by atoms with E-state index in [0.717, 1.165) is 116 Å². The Morgan fingerprint density at radius 2 is 1.00 bits per heavy atom. The molecule has 0 aromatic heterocycles. The van der Waals surface area contributed by atoms with E-state index in [2.05, 4.69) is 116 Å². The molecule has 7 unspecified atom stereocenters. The molecule has 0 aromatic carbocycles. The monoisotopic (exact) mass is 868 g/mol. The molecular formula is C53H89NO8. The number of carbonyl (C=O) groups is 1. The highest BCUT2D eigenvalue weighted by Gasteiger charge is 2.44. The molecule has 1 aliphatic rings. The zero-order valence-electron chi connectivity index (χ0n) is 38.8. The number of amides is 1. The van der Waals surface area contributed by atoms with Gasteiger partial charge in [0, 0.05) is 6.42 Å². The lowest BCUT2D eigenvalue weighted by Crippen LogP contribution is -2.60. The van der Waals surface area contributed by atoms with E-state index in [1.165, 1.54) is 32.1 Å². The molecule has 0 aromatic rings. The largest absolute Gasteiger partial charge is 0.394 e. The average Bonchev–Trinajstić information content (AvgIpc) is 3.27. The Hall–Kier alpha value is -2.89. The van der Waals surface area contributed by atoms with Crippen LogP contribution in [-0.4, -0.2) is 87.5 Å². The summed E-state index contributed by atoms with van der Waals surface area (Å²) >= 11 is 0. The number of carbonyl (C=O) groups excluding carboxylic acids is 1. The second-order valence-electron chi connectivity index (χ2n) is 16.5. The lowest BCUT2D eigenvalue weighted by molar-refractivity contribution is -0.302. The van der Waals surface area contributed by atoms with E-state index in [0.29, 0.717) is 12.8 Å². The molecule has 7 atom stereocenters. The predicted octanol–water partition coefficient (Wildman–Crippen LogP) is 10.9. The summed E-state index contributed by atoms with van der Waals surface area (Å²) < 4.78 is 11.2. The van der Waals surface area contributed by atoms with Crippen molar-refractivity contribution in [3.63, 3.8) is 0 Å². The molecule has 0 spiro atoms. The van der Waals surface area contributed by atoms with Gasteiger partial charge in [-0.1, -0.05) is 188 Å². The van der Waals surface area contributed by atoms with Gasteiger partial charge in [-0.15, -0.1) is 0 Å². The van der Waals surface area contributed by atoms with Gasteiger partial charge >= 0.3 is 0 Å². The van der Waals surface area contributed by atoms with Crippen LogP contribution in [0.15, 0.2) is 97.2 Å². The van der Waals surface area contributed by atoms with Crippen LogP contribution in [0.3, 0.4) is 0 Å². The molecule has 0 bridgehead atoms. The topological polar surface area (TPSA) is 149 Å². The number of rotatable bonds is 39. The highest BCUT2D eigenvalue weighted by atomic mass is 16.7. The number of aliphatic hydroxyl groups is 5. The summed E-state index contributed by atoms with van der Waals surface area (Å²) in [6.45, 7) is 3.65. The van der Waals surface area contributed by atoms with Gasteiger partial charge in [0.25, 0.3) is 0 Å². The van der Waals surface area contributed by atoms with Crippen LogP contribution in [0.25, 0.3) is 0 Å². The molecule has 0 aliphatic carbocycles. The molecule has 1 rings (SSSR count). The van der Waals surface area contributed by atoms with Gasteiger partial charge in [-0.05, 0) is 77.0 Å². The summed E-state index contributed by atoms with van der Waals surface area (Å²) in [6.07, 6.45) is 52.9. The molecule has 1 saturated heterocycles. The fourth-order valence-corrected chi connectivity index (χ4v) is 7.06. The number of unbranched alkanes of at least 4 members (excludes halogenated alkanes) is 13. The van der Waals surface area contributed by atoms with Crippen molar-refractivity contribution in [2.24, 2.45) is 0 Å². The highest BCUT2D eigenvalue weighted by Crippen LogP contribution is 2.23. The standard InChI is InChI=1S/C53H89NO8/c1-3-5-7-9-11-13-14-15-16-17-18-19-20-21-22-23-24-25-26-27-28-29-30-31-32-33-34-35-37-39-41-43-49(57)54-46(47(56)42-40-38-36-12-10-8-6-4-2)45-61-53-52(60)51(59)50(58)48(44-55)62-53/h5,7,11,13,15-16,18-19,21-22,24-25,27-28,30-31,46-48,50-53,55-56,58-60H,3-4,6,8-10,12,14,17,20,23,26,29,32-45H2,1-2H3,(H,54,57)/b7-5-,13-11-,16-15-,19-18-,22-21-,25-24-,28-27-,31-30-. The Labute approximate surface area is 377 Å². The van der Waals surface area contributed by atoms with Crippen LogP contribution < -0.4 is 5.32 Å². The van der Waals surface area contributed by atoms with Crippen molar-refractivity contribution >= 4 is 5.91 Å². The quantitative estimate of drug-likeness (QED) is 0.0264. The SMILES string of the molecule is CC/C=C\C/C=C\C/C=C\C/C=C\C/C=C\C/C=C\C/C=C\C/C=C\CCCCCCCCC(=O)NC(COC1OC(CO)C(O)C(O)C1O)C(O)CCCCCCCCCC. The van der Waals surface area contributed by atoms with Crippen LogP contribution in [0.4, 0.5) is 0 Å². The molecule has 0 saturated carbocycles. The average molecular weight is 868 g/mol. The van der Waals surface area contributed by atoms with Gasteiger partial charge in [0.05, 0.1) is 25.4 Å². The minimum atomic E-state index is -1.56. The molecule has 0 radical (unpaired) electrons. The van der Waals surface area contributed by atoms with Crippen molar-refractivity contribution in [2.45, 2.75) is 217 Å². The van der Waals surface area contributed by atoms with Crippen molar-refractivity contribution < 1.29 is 39.8 Å². The van der Waals surface area contributed by atoms with Gasteiger partial charge in [-0.3, -0.25) is 4.79 Å². The summed E-state index contributed by atoms with van der Waals surface area (Å²) in [5.41, 5.74) is 0. The molecule has 62 heavy (non-hydrogen) atoms. The van der Waals surface area contributed by atoms with Crippen molar-refractivity contribution in [1.82, 2.24) is 5.32 Å². The lowest BCUT2D eigenvalue weighted by Gasteiger charge is -2.40. The first-order chi connectivity index (χ1) is 30.3. The van der Waals surface area contributed by atoms with Gasteiger partial charge < -0.3 is 40.3 Å². The summed E-state index contributed by atoms with van der Waals surface area (Å²) in [6, 6.07) is -0.731. The summed E-state index contributed by atoms with van der Waals surface area (Å²) in [7, 11) is 0. The zero-order chi connectivity index (χ0) is 45.1. The fraction of sp³-hybridized carbons (Fsp3) is 0.679. The number of nitrogens with one attached hydrogen (secondary N) is 1. The van der Waals surface area contributed by atoms with Gasteiger partial charge in [-0.25, -0.2) is 0 Å². The molecule has 1 fully saturated rings. The summed E-state index contributed by atoms with van der Waals surface area (Å²) in [5.74, 6) is -0.168. The molecule has 1 heterocycles. The number of hydrogen-bond donors (Lipinski definition) is 6. The minimum Gasteiger partial charge on any atom is -0.394 e. The Balaban J connectivity index is 2.20. The van der Waals surface area contributed by atoms with E-state index < -0.39 is 49.5 Å². The van der Waals surface area contributed by atoms with Crippen molar-refractivity contribution in [1.29, 1.82) is 0 Å². The molecular weight excluding hydrogens is 779 g/mol. The third kappa shape index (κ3) is 31.9. The van der Waals surface area contributed by atoms with Gasteiger partial charge in [0.15, 0.2) is 6.29 Å². The Morgan fingerprint density at radius 1 is 0.565 bits per heavy atom. The molecule has 1 aliphatic heterocycles. The number of allylic oxidation sites excluding steroid dienone is 16. The maximum absolute atomic E-state index is 12.9. The third-order valence-corrected chi connectivity index (χ3v) is 11.0. The van der Waals surface area contributed by atoms with Crippen molar-refractivity contribution in [3.8, 4) is 0 Å². The molecule has 9 heteroatoms. The Bertz CT molecular complexity index is 1280. The first kappa shape index (κ1) is 57.1. The van der Waals surface area contributed by atoms with Gasteiger partial charge in [0.2, 0.25) is 5.91 Å². The molecule has 6 N–H and O–H groups in total. The van der Waals surface area contributed by atoms with E-state index >= 15 is 0 Å². The summed E-state index contributed by atoms with van der Waals surface area (Å²) in [5, 5.41) is 54.2. The van der Waals surface area contributed by atoms with Gasteiger partial charge in [0.1, 0.15) is 24.4 Å². The van der Waals surface area contributed by atoms with Crippen LogP contribution in [0.2, 0.25) is 0 Å². The minimum absolute atomic E-state index is 0.151. The molecule has 9 nitrogen and oxygen atoms in total. The van der Waals surface area contributed by atoms with Crippen LogP contribution in [0, 0.1) is 0 Å². The van der Waals surface area contributed by atoms with Crippen molar-refractivity contribution in [2.75, 3.05) is 13.2 Å². The van der Waals surface area contributed by atoms with Crippen molar-refractivity contribution in [3.05, 3.63) is 97.2 Å². The van der Waals surface area contributed by atoms with E-state index in [1.54, 1.807) is 0 Å². The summed E-state index contributed by atoms with van der Waals surface area (Å²) in [4.78, 5) is 12.9. The molecule has 354 valence electrons. The smallest absolute Gasteiger partial charge is 0.220 e. The Kier molecular flexibility index (Phi) is 38.8. The second-order valence-corrected chi connectivity index (χ2v) is 16.5. The van der Waals surface area contributed by atoms with E-state index in [1.807, 2.05) is 0 Å². The lowest BCUT2D eigenvalue weighted by atomic mass is 9.99. The zero-order valence-corrected chi connectivity index (χ0v) is 38.8. The number of aliphatic hydroxyl groups excluding tert-OH is 5. The van der Waals surface area contributed by atoms with Crippen LogP contribution in [-0.2, 0) is 14.3 Å². The van der Waals surface area contributed by atoms with Gasteiger partial charge in [-0.2, -0.15) is 0 Å². The molecule has 1 amide bonds. The maximum atomic E-state index is 12.9. The predicted molar refractivity (Wildman–Crippen MR) is 258 cm³/mol. The Morgan fingerprint density at radius 3 is 1.48 bits per heavy atom. The van der Waals surface area contributed by atoms with Crippen LogP contribution in [0.1, 0.15) is 174 Å². The number of ether oxygens (including phenoxy) is 2. The first-order valence-electron chi connectivity index (χ1n) is 24.4. The normalized spacial score (nSPS) is 21.2. The van der Waals surface area contributed by atoms with E-state index in [4.69, 9.17) is 9.47 Å². The second kappa shape index (κ2) is 42.1. The van der Waals surface area contributed by atoms with Crippen LogP contribution in [0.5, 0.6) is 0 Å².